The molecule has 0 rings (SSSR count). The van der Waals surface area contributed by atoms with Gasteiger partial charge in [-0.15, -0.1) is 6.58 Å². The first-order valence-electron chi connectivity index (χ1n) is 5.21. The van der Waals surface area contributed by atoms with E-state index >= 15 is 0 Å². The topological polar surface area (TPSA) is 32.3 Å². The summed E-state index contributed by atoms with van der Waals surface area (Å²) >= 11 is 0. The fourth-order valence-corrected chi connectivity index (χ4v) is 1.38. The normalized spacial score (nSPS) is 11.6. The van der Waals surface area contributed by atoms with Crippen molar-refractivity contribution in [1.82, 2.24) is 5.32 Å². The van der Waals surface area contributed by atoms with E-state index in [-0.39, 0.29) is 12.1 Å². The molecule has 0 heterocycles. The van der Waals surface area contributed by atoms with Crippen molar-refractivity contribution in [3.8, 4) is 0 Å². The fourth-order valence-electron chi connectivity index (χ4n) is 1.38. The number of hydrogen-bond donors (Lipinski definition) is 2. The molecule has 0 atom stereocenters. The molecular formula is C11H23NO. The third kappa shape index (κ3) is 4.44. The summed E-state index contributed by atoms with van der Waals surface area (Å²) in [4.78, 5) is 0. The average Bonchev–Trinajstić information content (AvgIpc) is 2.20. The van der Waals surface area contributed by atoms with Crippen molar-refractivity contribution in [3.63, 3.8) is 0 Å². The number of nitrogens with one attached hydrogen (secondary N) is 1. The van der Waals surface area contributed by atoms with Crippen LogP contribution in [0.5, 0.6) is 0 Å². The monoisotopic (exact) mass is 185 g/mol. The SMILES string of the molecule is C=CCCCNC(CC)(CC)CO. The molecule has 13 heavy (non-hydrogen) atoms. The first-order chi connectivity index (χ1) is 6.24. The Morgan fingerprint density at radius 1 is 1.38 bits per heavy atom. The summed E-state index contributed by atoms with van der Waals surface area (Å²) in [6.07, 6.45) is 6.04. The van der Waals surface area contributed by atoms with Crippen LogP contribution in [-0.2, 0) is 0 Å². The van der Waals surface area contributed by atoms with Gasteiger partial charge in [0, 0.05) is 5.54 Å². The second-order valence-corrected chi connectivity index (χ2v) is 3.50. The molecule has 0 aliphatic heterocycles. The van der Waals surface area contributed by atoms with Gasteiger partial charge < -0.3 is 10.4 Å². The van der Waals surface area contributed by atoms with Crippen LogP contribution < -0.4 is 5.32 Å². The van der Waals surface area contributed by atoms with E-state index < -0.39 is 0 Å². The van der Waals surface area contributed by atoms with E-state index in [4.69, 9.17) is 0 Å². The molecule has 0 amide bonds. The minimum absolute atomic E-state index is 0.0544. The lowest BCUT2D eigenvalue weighted by Crippen LogP contribution is -2.47. The Labute approximate surface area is 82.0 Å². The highest BCUT2D eigenvalue weighted by Crippen LogP contribution is 2.13. The highest BCUT2D eigenvalue weighted by molar-refractivity contribution is 4.84. The van der Waals surface area contributed by atoms with E-state index in [2.05, 4.69) is 25.7 Å². The average molecular weight is 185 g/mol. The van der Waals surface area contributed by atoms with Crippen molar-refractivity contribution in [2.45, 2.75) is 45.1 Å². The van der Waals surface area contributed by atoms with Gasteiger partial charge in [-0.2, -0.15) is 0 Å². The van der Waals surface area contributed by atoms with Crippen LogP contribution in [0.25, 0.3) is 0 Å². The lowest BCUT2D eigenvalue weighted by atomic mass is 9.94. The molecule has 0 fully saturated rings. The van der Waals surface area contributed by atoms with E-state index in [1.807, 2.05) is 6.08 Å². The van der Waals surface area contributed by atoms with E-state index in [1.165, 1.54) is 0 Å². The Balaban J connectivity index is 3.74. The Morgan fingerprint density at radius 3 is 2.38 bits per heavy atom. The van der Waals surface area contributed by atoms with Gasteiger partial charge >= 0.3 is 0 Å². The van der Waals surface area contributed by atoms with Crippen molar-refractivity contribution >= 4 is 0 Å². The highest BCUT2D eigenvalue weighted by atomic mass is 16.3. The van der Waals surface area contributed by atoms with Gasteiger partial charge in [0.1, 0.15) is 0 Å². The third-order valence-corrected chi connectivity index (χ3v) is 2.74. The molecule has 0 saturated heterocycles. The maximum absolute atomic E-state index is 9.25. The zero-order valence-electron chi connectivity index (χ0n) is 8.97. The summed E-state index contributed by atoms with van der Waals surface area (Å²) in [6.45, 7) is 9.10. The van der Waals surface area contributed by atoms with Crippen molar-refractivity contribution in [2.75, 3.05) is 13.2 Å². The lowest BCUT2D eigenvalue weighted by molar-refractivity contribution is 0.151. The molecule has 0 aromatic rings. The molecule has 78 valence electrons. The zero-order valence-corrected chi connectivity index (χ0v) is 8.97. The number of unbranched alkanes of at least 4 members (excludes halogenated alkanes) is 1. The largest absolute Gasteiger partial charge is 0.394 e. The molecule has 0 spiro atoms. The maximum Gasteiger partial charge on any atom is 0.0613 e. The first-order valence-corrected chi connectivity index (χ1v) is 5.21. The van der Waals surface area contributed by atoms with E-state index in [9.17, 15) is 5.11 Å². The second kappa shape index (κ2) is 7.10. The van der Waals surface area contributed by atoms with Crippen molar-refractivity contribution < 1.29 is 5.11 Å². The summed E-state index contributed by atoms with van der Waals surface area (Å²) in [7, 11) is 0. The Kier molecular flexibility index (Phi) is 6.92. The van der Waals surface area contributed by atoms with Gasteiger partial charge in [-0.05, 0) is 32.2 Å². The van der Waals surface area contributed by atoms with E-state index in [0.717, 1.165) is 32.2 Å². The molecule has 0 aromatic carbocycles. The predicted molar refractivity (Wildman–Crippen MR) is 57.8 cm³/mol. The summed E-state index contributed by atoms with van der Waals surface area (Å²) in [6, 6.07) is 0. The molecule has 2 heteroatoms. The van der Waals surface area contributed by atoms with Crippen LogP contribution >= 0.6 is 0 Å². The van der Waals surface area contributed by atoms with Gasteiger partial charge in [0.2, 0.25) is 0 Å². The first kappa shape index (κ1) is 12.7. The fraction of sp³-hybridized carbons (Fsp3) is 0.818. The van der Waals surface area contributed by atoms with Crippen molar-refractivity contribution in [3.05, 3.63) is 12.7 Å². The van der Waals surface area contributed by atoms with Gasteiger partial charge in [-0.3, -0.25) is 0 Å². The predicted octanol–water partition coefficient (Wildman–Crippen LogP) is 2.09. The van der Waals surface area contributed by atoms with Crippen LogP contribution in [-0.4, -0.2) is 23.8 Å². The molecule has 0 aromatic heterocycles. The van der Waals surface area contributed by atoms with Crippen LogP contribution in [0.3, 0.4) is 0 Å². The molecule has 0 radical (unpaired) electrons. The number of allylic oxidation sites excluding steroid dienone is 1. The van der Waals surface area contributed by atoms with Crippen LogP contribution in [0.15, 0.2) is 12.7 Å². The number of aliphatic hydroxyl groups excluding tert-OH is 1. The van der Waals surface area contributed by atoms with Crippen LogP contribution in [0.4, 0.5) is 0 Å². The summed E-state index contributed by atoms with van der Waals surface area (Å²) in [5.74, 6) is 0. The number of hydrogen-bond acceptors (Lipinski definition) is 2. The van der Waals surface area contributed by atoms with Gasteiger partial charge in [0.15, 0.2) is 0 Å². The summed E-state index contributed by atoms with van der Waals surface area (Å²) < 4.78 is 0. The third-order valence-electron chi connectivity index (χ3n) is 2.74. The smallest absolute Gasteiger partial charge is 0.0613 e. The van der Waals surface area contributed by atoms with Gasteiger partial charge in [0.05, 0.1) is 6.61 Å². The Hall–Kier alpha value is -0.340. The molecule has 0 aliphatic carbocycles. The molecule has 0 bridgehead atoms. The van der Waals surface area contributed by atoms with E-state index in [1.54, 1.807) is 0 Å². The molecule has 0 saturated carbocycles. The van der Waals surface area contributed by atoms with Crippen molar-refractivity contribution in [1.29, 1.82) is 0 Å². The zero-order chi connectivity index (χ0) is 10.2. The Morgan fingerprint density at radius 2 is 2.00 bits per heavy atom. The minimum Gasteiger partial charge on any atom is -0.394 e. The minimum atomic E-state index is -0.0544. The Bertz CT molecular complexity index is 122. The molecular weight excluding hydrogens is 162 g/mol. The van der Waals surface area contributed by atoms with Gasteiger partial charge in [0.25, 0.3) is 0 Å². The van der Waals surface area contributed by atoms with Crippen LogP contribution in [0.2, 0.25) is 0 Å². The standard InChI is InChI=1S/C11H23NO/c1-4-7-8-9-12-11(5-2,6-3)10-13/h4,12-13H,1,5-10H2,2-3H3. The molecule has 0 unspecified atom stereocenters. The number of aliphatic hydroxyl groups is 1. The lowest BCUT2D eigenvalue weighted by Gasteiger charge is -2.30. The maximum atomic E-state index is 9.25. The quantitative estimate of drug-likeness (QED) is 0.448. The van der Waals surface area contributed by atoms with Crippen LogP contribution in [0.1, 0.15) is 39.5 Å². The molecule has 2 nitrogen and oxygen atoms in total. The number of rotatable bonds is 8. The highest BCUT2D eigenvalue weighted by Gasteiger charge is 2.23. The van der Waals surface area contributed by atoms with Crippen molar-refractivity contribution in [2.24, 2.45) is 0 Å². The van der Waals surface area contributed by atoms with E-state index in [0.29, 0.717) is 0 Å². The van der Waals surface area contributed by atoms with Crippen LogP contribution in [0, 0.1) is 0 Å². The van der Waals surface area contributed by atoms with Gasteiger partial charge in [-0.1, -0.05) is 19.9 Å². The second-order valence-electron chi connectivity index (χ2n) is 3.50. The molecule has 0 aliphatic rings. The summed E-state index contributed by atoms with van der Waals surface area (Å²) in [5.41, 5.74) is -0.0544. The summed E-state index contributed by atoms with van der Waals surface area (Å²) in [5, 5.41) is 12.7. The van der Waals surface area contributed by atoms with Gasteiger partial charge in [-0.25, -0.2) is 0 Å². The molecule has 2 N–H and O–H groups in total.